The highest BCUT2D eigenvalue weighted by Gasteiger charge is 2.26. The van der Waals surface area contributed by atoms with Gasteiger partial charge in [0, 0.05) is 19.7 Å². The Morgan fingerprint density at radius 1 is 1.12 bits per heavy atom. The van der Waals surface area contributed by atoms with E-state index < -0.39 is 0 Å². The number of benzene rings is 1. The molecule has 2 aliphatic rings. The van der Waals surface area contributed by atoms with Crippen molar-refractivity contribution in [2.45, 2.75) is 25.8 Å². The molecular formula is C19H28N2O4. The molecule has 3 rings (SSSR count). The largest absolute Gasteiger partial charge is 0.493 e. The van der Waals surface area contributed by atoms with Crippen molar-refractivity contribution in [1.29, 1.82) is 0 Å². The number of aliphatic hydroxyl groups is 1. The van der Waals surface area contributed by atoms with Crippen molar-refractivity contribution in [3.05, 3.63) is 23.3 Å². The SMILES string of the molecule is COc1cc2c(cc1OC)CN(C(=O)CN1CCC(CO)CC1)CC2. The highest BCUT2D eigenvalue weighted by Crippen LogP contribution is 2.33. The predicted octanol–water partition coefficient (Wildman–Crippen LogP) is 1.29. The van der Waals surface area contributed by atoms with Crippen LogP contribution in [0, 0.1) is 5.92 Å². The quantitative estimate of drug-likeness (QED) is 0.869. The van der Waals surface area contributed by atoms with Gasteiger partial charge in [0.25, 0.3) is 0 Å². The van der Waals surface area contributed by atoms with Crippen molar-refractivity contribution >= 4 is 5.91 Å². The number of aliphatic hydroxyl groups excluding tert-OH is 1. The summed E-state index contributed by atoms with van der Waals surface area (Å²) >= 11 is 0. The van der Waals surface area contributed by atoms with E-state index in [2.05, 4.69) is 4.90 Å². The second kappa shape index (κ2) is 8.06. The van der Waals surface area contributed by atoms with Crippen molar-refractivity contribution in [2.24, 2.45) is 5.92 Å². The lowest BCUT2D eigenvalue weighted by Gasteiger charge is -2.34. The highest BCUT2D eigenvalue weighted by molar-refractivity contribution is 5.78. The lowest BCUT2D eigenvalue weighted by Crippen LogP contribution is -2.45. The molecule has 25 heavy (non-hydrogen) atoms. The first kappa shape index (κ1) is 18.0. The van der Waals surface area contributed by atoms with Gasteiger partial charge in [-0.2, -0.15) is 0 Å². The smallest absolute Gasteiger partial charge is 0.237 e. The maximum atomic E-state index is 12.7. The summed E-state index contributed by atoms with van der Waals surface area (Å²) in [4.78, 5) is 16.8. The Bertz CT molecular complexity index is 612. The number of carbonyl (C=O) groups excluding carboxylic acids is 1. The number of hydrogen-bond donors (Lipinski definition) is 1. The normalized spacial score (nSPS) is 18.8. The summed E-state index contributed by atoms with van der Waals surface area (Å²) in [5, 5.41) is 9.22. The number of amides is 1. The third kappa shape index (κ3) is 4.07. The predicted molar refractivity (Wildman–Crippen MR) is 94.9 cm³/mol. The Balaban J connectivity index is 1.61. The van der Waals surface area contributed by atoms with Gasteiger partial charge in [-0.15, -0.1) is 0 Å². The minimum absolute atomic E-state index is 0.183. The molecule has 0 saturated carbocycles. The first-order valence-electron chi connectivity index (χ1n) is 8.99. The third-order valence-corrected chi connectivity index (χ3v) is 5.39. The van der Waals surface area contributed by atoms with Crippen LogP contribution >= 0.6 is 0 Å². The molecule has 6 nitrogen and oxygen atoms in total. The Hall–Kier alpha value is -1.79. The molecule has 0 aromatic heterocycles. The van der Waals surface area contributed by atoms with Crippen LogP contribution in [0.5, 0.6) is 11.5 Å². The molecule has 2 heterocycles. The van der Waals surface area contributed by atoms with Gasteiger partial charge in [0.1, 0.15) is 0 Å². The fourth-order valence-electron chi connectivity index (χ4n) is 3.71. The van der Waals surface area contributed by atoms with Crippen LogP contribution in [0.25, 0.3) is 0 Å². The van der Waals surface area contributed by atoms with Gasteiger partial charge in [0.15, 0.2) is 11.5 Å². The second-order valence-corrected chi connectivity index (χ2v) is 6.94. The van der Waals surface area contributed by atoms with E-state index in [0.717, 1.165) is 50.2 Å². The maximum absolute atomic E-state index is 12.7. The molecule has 0 bridgehead atoms. The van der Waals surface area contributed by atoms with Crippen molar-refractivity contribution < 1.29 is 19.4 Å². The molecule has 138 valence electrons. The molecule has 0 spiro atoms. The van der Waals surface area contributed by atoms with Gasteiger partial charge in [0.05, 0.1) is 20.8 Å². The topological polar surface area (TPSA) is 62.2 Å². The van der Waals surface area contributed by atoms with Crippen LogP contribution in [0.2, 0.25) is 0 Å². The van der Waals surface area contributed by atoms with Gasteiger partial charge in [-0.1, -0.05) is 0 Å². The van der Waals surface area contributed by atoms with Gasteiger partial charge in [-0.25, -0.2) is 0 Å². The Morgan fingerprint density at radius 2 is 1.76 bits per heavy atom. The van der Waals surface area contributed by atoms with E-state index in [9.17, 15) is 9.90 Å². The van der Waals surface area contributed by atoms with Crippen LogP contribution in [0.3, 0.4) is 0 Å². The average molecular weight is 348 g/mol. The van der Waals surface area contributed by atoms with E-state index in [-0.39, 0.29) is 12.5 Å². The van der Waals surface area contributed by atoms with Crippen molar-refractivity contribution in [1.82, 2.24) is 9.80 Å². The Labute approximate surface area is 149 Å². The maximum Gasteiger partial charge on any atom is 0.237 e. The molecule has 1 aromatic rings. The zero-order valence-electron chi connectivity index (χ0n) is 15.2. The standard InChI is InChI=1S/C19H28N2O4/c1-24-17-9-15-5-8-21(11-16(15)10-18(17)25-2)19(23)12-20-6-3-14(13-22)4-7-20/h9-10,14,22H,3-8,11-13H2,1-2H3. The monoisotopic (exact) mass is 348 g/mol. The molecule has 0 unspecified atom stereocenters. The van der Waals surface area contributed by atoms with Crippen molar-refractivity contribution in [3.63, 3.8) is 0 Å². The summed E-state index contributed by atoms with van der Waals surface area (Å²) in [7, 11) is 3.27. The molecule has 6 heteroatoms. The fourth-order valence-corrected chi connectivity index (χ4v) is 3.71. The number of ether oxygens (including phenoxy) is 2. The number of fused-ring (bicyclic) bond motifs is 1. The molecule has 0 aliphatic carbocycles. The van der Waals surface area contributed by atoms with Crippen LogP contribution in [-0.4, -0.2) is 67.8 Å². The molecule has 1 N–H and O–H groups in total. The third-order valence-electron chi connectivity index (χ3n) is 5.39. The molecule has 0 atom stereocenters. The summed E-state index contributed by atoms with van der Waals surface area (Å²) < 4.78 is 10.7. The highest BCUT2D eigenvalue weighted by atomic mass is 16.5. The zero-order chi connectivity index (χ0) is 17.8. The first-order chi connectivity index (χ1) is 12.1. The fraction of sp³-hybridized carbons (Fsp3) is 0.632. The summed E-state index contributed by atoms with van der Waals surface area (Å²) in [6, 6.07) is 4.01. The molecule has 1 aromatic carbocycles. The van der Waals surface area contributed by atoms with E-state index in [0.29, 0.717) is 24.8 Å². The van der Waals surface area contributed by atoms with Crippen LogP contribution in [0.15, 0.2) is 12.1 Å². The molecule has 1 fully saturated rings. The van der Waals surface area contributed by atoms with Crippen LogP contribution in [0.4, 0.5) is 0 Å². The molecule has 1 saturated heterocycles. The molecule has 0 radical (unpaired) electrons. The zero-order valence-corrected chi connectivity index (χ0v) is 15.2. The first-order valence-corrected chi connectivity index (χ1v) is 8.99. The van der Waals surface area contributed by atoms with E-state index in [1.54, 1.807) is 14.2 Å². The number of hydrogen-bond acceptors (Lipinski definition) is 5. The lowest BCUT2D eigenvalue weighted by molar-refractivity contribution is -0.133. The minimum atomic E-state index is 0.183. The van der Waals surface area contributed by atoms with Gasteiger partial charge in [-0.05, 0) is 61.5 Å². The van der Waals surface area contributed by atoms with E-state index in [4.69, 9.17) is 9.47 Å². The molecular weight excluding hydrogens is 320 g/mol. The number of likely N-dealkylation sites (tertiary alicyclic amines) is 1. The minimum Gasteiger partial charge on any atom is -0.493 e. The number of rotatable bonds is 5. The molecule has 2 aliphatic heterocycles. The Morgan fingerprint density at radius 3 is 2.36 bits per heavy atom. The van der Waals surface area contributed by atoms with Gasteiger partial charge in [0.2, 0.25) is 5.91 Å². The van der Waals surface area contributed by atoms with Gasteiger partial charge < -0.3 is 19.5 Å². The van der Waals surface area contributed by atoms with E-state index >= 15 is 0 Å². The van der Waals surface area contributed by atoms with Crippen molar-refractivity contribution in [3.8, 4) is 11.5 Å². The van der Waals surface area contributed by atoms with Gasteiger partial charge >= 0.3 is 0 Å². The number of piperidine rings is 1. The number of carbonyl (C=O) groups is 1. The number of nitrogens with zero attached hydrogens (tertiary/aromatic N) is 2. The lowest BCUT2D eigenvalue weighted by atomic mass is 9.97. The van der Waals surface area contributed by atoms with Crippen LogP contribution in [-0.2, 0) is 17.8 Å². The van der Waals surface area contributed by atoms with Crippen molar-refractivity contribution in [2.75, 3.05) is 47.0 Å². The summed E-state index contributed by atoms with van der Waals surface area (Å²) in [6.07, 6.45) is 2.79. The Kier molecular flexibility index (Phi) is 5.81. The van der Waals surface area contributed by atoms with Crippen LogP contribution in [0.1, 0.15) is 24.0 Å². The van der Waals surface area contributed by atoms with E-state index in [1.165, 1.54) is 5.56 Å². The average Bonchev–Trinajstić information content (AvgIpc) is 2.66. The summed E-state index contributed by atoms with van der Waals surface area (Å²) in [6.45, 7) is 3.89. The van der Waals surface area contributed by atoms with E-state index in [1.807, 2.05) is 17.0 Å². The van der Waals surface area contributed by atoms with Gasteiger partial charge in [-0.3, -0.25) is 9.69 Å². The molecule has 1 amide bonds. The second-order valence-electron chi connectivity index (χ2n) is 6.94. The summed E-state index contributed by atoms with van der Waals surface area (Å²) in [5.74, 6) is 2.04. The summed E-state index contributed by atoms with van der Waals surface area (Å²) in [5.41, 5.74) is 2.36. The number of methoxy groups -OCH3 is 2. The van der Waals surface area contributed by atoms with Crippen LogP contribution < -0.4 is 9.47 Å².